The third-order valence-electron chi connectivity index (χ3n) is 6.76. The molecular weight excluding hydrogens is 592 g/mol. The van der Waals surface area contributed by atoms with Gasteiger partial charge in [-0.25, -0.2) is 0 Å². The van der Waals surface area contributed by atoms with Crippen LogP contribution in [0.3, 0.4) is 0 Å². The fraction of sp³-hybridized carbons (Fsp3) is 0.423. The Labute approximate surface area is 241 Å². The molecule has 1 aromatic heterocycles. The van der Waals surface area contributed by atoms with Crippen molar-refractivity contribution in [2.75, 3.05) is 29.1 Å². The average Bonchev–Trinajstić information content (AvgIpc) is 3.81. The highest BCUT2D eigenvalue weighted by Crippen LogP contribution is 2.59. The third-order valence-corrected chi connectivity index (χ3v) is 9.97. The first-order chi connectivity index (χ1) is 18.5. The van der Waals surface area contributed by atoms with Gasteiger partial charge in [-0.1, -0.05) is 23.2 Å². The van der Waals surface area contributed by atoms with Gasteiger partial charge in [0.25, 0.3) is 0 Å². The molecule has 39 heavy (non-hydrogen) atoms. The van der Waals surface area contributed by atoms with Crippen LogP contribution in [0, 0.1) is 0 Å². The van der Waals surface area contributed by atoms with Crippen molar-refractivity contribution in [1.82, 2.24) is 10.2 Å². The lowest BCUT2D eigenvalue weighted by Gasteiger charge is -2.26. The summed E-state index contributed by atoms with van der Waals surface area (Å²) < 4.78 is 52.0. The zero-order valence-electron chi connectivity index (χ0n) is 20.9. The monoisotopic (exact) mass is 616 g/mol. The largest absolute Gasteiger partial charge is 0.611 e. The maximum Gasteiger partial charge on any atom is 0.405 e. The maximum absolute atomic E-state index is 13.3. The van der Waals surface area contributed by atoms with Gasteiger partial charge in [0, 0.05) is 32.9 Å². The normalized spacial score (nSPS) is 17.1. The van der Waals surface area contributed by atoms with E-state index in [4.69, 9.17) is 23.2 Å². The SMILES string of the molecule is CC[S+]([O-])c1ccc(N(CC(=O)Nc2cc(Cl)c(C3(c4nnc(C5CC5)s4)CC3)c(Cl)c2)CC(F)(F)F)cc1. The summed E-state index contributed by atoms with van der Waals surface area (Å²) >= 11 is 13.7. The van der Waals surface area contributed by atoms with E-state index in [1.54, 1.807) is 30.4 Å². The molecule has 0 bridgehead atoms. The molecule has 5 rings (SSSR count). The van der Waals surface area contributed by atoms with Crippen LogP contribution in [0.4, 0.5) is 24.5 Å². The van der Waals surface area contributed by atoms with Gasteiger partial charge < -0.3 is 14.8 Å². The fourth-order valence-electron chi connectivity index (χ4n) is 4.53. The molecule has 1 amide bonds. The van der Waals surface area contributed by atoms with E-state index in [0.29, 0.717) is 26.6 Å². The average molecular weight is 618 g/mol. The smallest absolute Gasteiger partial charge is 0.405 e. The van der Waals surface area contributed by atoms with Crippen LogP contribution >= 0.6 is 34.5 Å². The van der Waals surface area contributed by atoms with Crippen LogP contribution in [-0.4, -0.2) is 45.7 Å². The Kier molecular flexibility index (Phi) is 8.09. The fourth-order valence-corrected chi connectivity index (χ4v) is 7.41. The van der Waals surface area contributed by atoms with Crippen molar-refractivity contribution in [2.45, 2.75) is 55.0 Å². The molecule has 1 heterocycles. The van der Waals surface area contributed by atoms with Gasteiger partial charge in [-0.2, -0.15) is 13.2 Å². The third kappa shape index (κ3) is 6.48. The van der Waals surface area contributed by atoms with E-state index in [2.05, 4.69) is 15.5 Å². The first-order valence-corrected chi connectivity index (χ1v) is 15.3. The molecule has 0 aliphatic heterocycles. The van der Waals surface area contributed by atoms with Crippen molar-refractivity contribution in [3.63, 3.8) is 0 Å². The van der Waals surface area contributed by atoms with Crippen LogP contribution in [0.2, 0.25) is 10.0 Å². The van der Waals surface area contributed by atoms with Crippen LogP contribution in [0.25, 0.3) is 0 Å². The van der Waals surface area contributed by atoms with E-state index in [-0.39, 0.29) is 11.4 Å². The zero-order valence-corrected chi connectivity index (χ0v) is 24.0. The minimum Gasteiger partial charge on any atom is -0.611 e. The Morgan fingerprint density at radius 1 is 1.18 bits per heavy atom. The molecule has 1 unspecified atom stereocenters. The van der Waals surface area contributed by atoms with Gasteiger partial charge in [-0.3, -0.25) is 4.79 Å². The number of alkyl halides is 3. The Hall–Kier alpha value is -2.05. The predicted molar refractivity (Wildman–Crippen MR) is 149 cm³/mol. The molecule has 208 valence electrons. The second kappa shape index (κ2) is 11.1. The van der Waals surface area contributed by atoms with Gasteiger partial charge in [-0.15, -0.1) is 21.5 Å². The molecule has 2 aromatic carbocycles. The summed E-state index contributed by atoms with van der Waals surface area (Å²) in [5, 5.41) is 14.0. The first-order valence-electron chi connectivity index (χ1n) is 12.4. The molecule has 1 N–H and O–H groups in total. The van der Waals surface area contributed by atoms with Crippen LogP contribution in [0.5, 0.6) is 0 Å². The van der Waals surface area contributed by atoms with E-state index in [0.717, 1.165) is 46.2 Å². The lowest BCUT2D eigenvalue weighted by Crippen LogP contribution is -2.39. The van der Waals surface area contributed by atoms with Crippen molar-refractivity contribution < 1.29 is 22.5 Å². The molecule has 3 aromatic rings. The number of rotatable bonds is 10. The number of amides is 1. The summed E-state index contributed by atoms with van der Waals surface area (Å²) in [5.41, 5.74) is 0.791. The minimum absolute atomic E-state index is 0.184. The molecule has 0 spiro atoms. The van der Waals surface area contributed by atoms with Gasteiger partial charge in [0.15, 0.2) is 4.90 Å². The molecule has 0 radical (unpaired) electrons. The summed E-state index contributed by atoms with van der Waals surface area (Å²) in [6.45, 7) is -0.142. The number of nitrogens with zero attached hydrogens (tertiary/aromatic N) is 3. The predicted octanol–water partition coefficient (Wildman–Crippen LogP) is 6.94. The number of carbonyl (C=O) groups excluding carboxylic acids is 1. The number of hydrogen-bond donors (Lipinski definition) is 1. The second-order valence-electron chi connectivity index (χ2n) is 9.76. The van der Waals surface area contributed by atoms with Crippen molar-refractivity contribution >= 4 is 63.0 Å². The summed E-state index contributed by atoms with van der Waals surface area (Å²) in [6, 6.07) is 9.00. The van der Waals surface area contributed by atoms with Gasteiger partial charge >= 0.3 is 6.18 Å². The molecule has 2 aliphatic carbocycles. The van der Waals surface area contributed by atoms with Gasteiger partial charge in [0.05, 0.1) is 12.0 Å². The number of anilines is 2. The van der Waals surface area contributed by atoms with Crippen LogP contribution in [0.1, 0.15) is 54.1 Å². The topological polar surface area (TPSA) is 81.2 Å². The van der Waals surface area contributed by atoms with Crippen LogP contribution in [-0.2, 0) is 21.4 Å². The number of halogens is 5. The lowest BCUT2D eigenvalue weighted by atomic mass is 9.96. The number of aromatic nitrogens is 2. The molecule has 0 saturated heterocycles. The highest BCUT2D eigenvalue weighted by molar-refractivity contribution is 7.91. The summed E-state index contributed by atoms with van der Waals surface area (Å²) in [7, 11) is 0. The van der Waals surface area contributed by atoms with Crippen molar-refractivity contribution in [3.05, 3.63) is 62.0 Å². The van der Waals surface area contributed by atoms with Crippen molar-refractivity contribution in [1.29, 1.82) is 0 Å². The van der Waals surface area contributed by atoms with E-state index in [1.807, 2.05) is 0 Å². The molecule has 2 fully saturated rings. The summed E-state index contributed by atoms with van der Waals surface area (Å²) in [4.78, 5) is 14.3. The number of benzene rings is 2. The highest BCUT2D eigenvalue weighted by atomic mass is 35.5. The minimum atomic E-state index is -4.54. The van der Waals surface area contributed by atoms with E-state index in [9.17, 15) is 22.5 Å². The quantitative estimate of drug-likeness (QED) is 0.250. The Balaban J connectivity index is 1.32. The molecule has 13 heteroatoms. The molecule has 2 aliphatic rings. The molecular formula is C26H25Cl2F3N4O2S2. The molecule has 1 atom stereocenters. The van der Waals surface area contributed by atoms with Crippen LogP contribution in [0.15, 0.2) is 41.3 Å². The number of nitrogens with one attached hydrogen (secondary N) is 1. The van der Waals surface area contributed by atoms with Crippen molar-refractivity contribution in [2.24, 2.45) is 0 Å². The highest BCUT2D eigenvalue weighted by Gasteiger charge is 2.52. The Morgan fingerprint density at radius 3 is 2.36 bits per heavy atom. The van der Waals surface area contributed by atoms with Gasteiger partial charge in [-0.05, 0) is 80.2 Å². The van der Waals surface area contributed by atoms with Gasteiger partial charge in [0.1, 0.15) is 22.3 Å². The van der Waals surface area contributed by atoms with Crippen LogP contribution < -0.4 is 10.2 Å². The standard InChI is InChI=1S/C26H25Cl2F3N4O2S2/c1-2-39(37)18-7-5-17(6-8-18)35(14-26(29,30)31)13-21(36)32-16-11-19(27)22(20(28)12-16)25(9-10-25)24-34-33-23(38-24)15-3-4-15/h5-8,11-12,15H,2-4,9-10,13-14H2,1H3,(H,32,36). The zero-order chi connectivity index (χ0) is 27.9. The van der Waals surface area contributed by atoms with Crippen molar-refractivity contribution in [3.8, 4) is 0 Å². The number of carbonyl (C=O) groups is 1. The van der Waals surface area contributed by atoms with E-state index in [1.165, 1.54) is 24.3 Å². The Bertz CT molecular complexity index is 1340. The lowest BCUT2D eigenvalue weighted by molar-refractivity contribution is -0.122. The summed E-state index contributed by atoms with van der Waals surface area (Å²) in [6.07, 6.45) is -0.628. The Morgan fingerprint density at radius 2 is 1.82 bits per heavy atom. The molecule has 6 nitrogen and oxygen atoms in total. The molecule has 2 saturated carbocycles. The van der Waals surface area contributed by atoms with E-state index >= 15 is 0 Å². The second-order valence-corrected chi connectivity index (χ2v) is 13.3. The first kappa shape index (κ1) is 28.5. The maximum atomic E-state index is 13.3. The van der Waals surface area contributed by atoms with Gasteiger partial charge in [0.2, 0.25) is 5.91 Å². The van der Waals surface area contributed by atoms with E-state index < -0.39 is 41.8 Å². The number of hydrogen-bond acceptors (Lipinski definition) is 6. The summed E-state index contributed by atoms with van der Waals surface area (Å²) in [5.74, 6) is 0.215.